The van der Waals surface area contributed by atoms with Crippen LogP contribution in [0.1, 0.15) is 50.6 Å². The number of rotatable bonds is 4. The van der Waals surface area contributed by atoms with E-state index in [1.165, 1.54) is 6.42 Å². The highest BCUT2D eigenvalue weighted by Gasteiger charge is 2.27. The molecule has 2 N–H and O–H groups in total. The molecule has 1 aliphatic rings. The molecule has 3 atom stereocenters. The predicted octanol–water partition coefficient (Wildman–Crippen LogP) is 1.93. The van der Waals surface area contributed by atoms with Crippen molar-refractivity contribution in [3.05, 3.63) is 18.0 Å². The number of nitrogens with zero attached hydrogens (tertiary/aromatic N) is 2. The molecule has 106 valence electrons. The minimum Gasteiger partial charge on any atom is -0.461 e. The quantitative estimate of drug-likeness (QED) is 0.844. The summed E-state index contributed by atoms with van der Waals surface area (Å²) in [7, 11) is 1.80. The van der Waals surface area contributed by atoms with Gasteiger partial charge in [-0.25, -0.2) is 4.79 Å². The number of aromatic nitrogens is 2. The molecule has 1 saturated carbocycles. The lowest BCUT2D eigenvalue weighted by atomic mass is 9.85. The zero-order valence-corrected chi connectivity index (χ0v) is 11.7. The van der Waals surface area contributed by atoms with Gasteiger partial charge in [-0.1, -0.05) is 19.8 Å². The Kier molecular flexibility index (Phi) is 4.58. The minimum absolute atomic E-state index is 0.0360. The van der Waals surface area contributed by atoms with Crippen molar-refractivity contribution in [1.29, 1.82) is 0 Å². The van der Waals surface area contributed by atoms with Gasteiger partial charge in [-0.15, -0.1) is 0 Å². The summed E-state index contributed by atoms with van der Waals surface area (Å²) >= 11 is 0. The molecule has 0 radical (unpaired) electrons. The van der Waals surface area contributed by atoms with E-state index in [-0.39, 0.29) is 12.1 Å². The van der Waals surface area contributed by atoms with Crippen LogP contribution in [0.25, 0.3) is 0 Å². The number of hydrogen-bond donors (Lipinski definition) is 1. The molecule has 1 aromatic heterocycles. The van der Waals surface area contributed by atoms with Gasteiger partial charge in [0.1, 0.15) is 12.1 Å². The summed E-state index contributed by atoms with van der Waals surface area (Å²) in [5.41, 5.74) is 6.61. The average Bonchev–Trinajstić information content (AvgIpc) is 2.84. The molecule has 0 aromatic carbocycles. The van der Waals surface area contributed by atoms with Crippen molar-refractivity contribution >= 4 is 5.97 Å². The Bertz CT molecular complexity index is 430. The van der Waals surface area contributed by atoms with E-state index in [4.69, 9.17) is 10.5 Å². The number of carbonyl (C=O) groups is 1. The molecule has 1 fully saturated rings. The number of carbonyl (C=O) groups excluding carboxylic acids is 1. The zero-order chi connectivity index (χ0) is 13.8. The van der Waals surface area contributed by atoms with Gasteiger partial charge in [0, 0.05) is 18.8 Å². The Hall–Kier alpha value is -1.36. The van der Waals surface area contributed by atoms with Crippen LogP contribution < -0.4 is 5.73 Å². The summed E-state index contributed by atoms with van der Waals surface area (Å²) in [4.78, 5) is 12.0. The molecule has 1 aromatic rings. The van der Waals surface area contributed by atoms with E-state index in [1.54, 1.807) is 24.1 Å². The van der Waals surface area contributed by atoms with Crippen molar-refractivity contribution in [2.45, 2.75) is 51.2 Å². The van der Waals surface area contributed by atoms with Gasteiger partial charge in [0.05, 0.1) is 6.20 Å². The number of ether oxygens (including phenoxy) is 1. The lowest BCUT2D eigenvalue weighted by Gasteiger charge is -2.28. The third kappa shape index (κ3) is 3.56. The smallest absolute Gasteiger partial charge is 0.327 e. The molecule has 0 spiro atoms. The topological polar surface area (TPSA) is 70.1 Å². The molecule has 3 unspecified atom stereocenters. The molecule has 2 rings (SSSR count). The fraction of sp³-hybridized carbons (Fsp3) is 0.714. The Labute approximate surface area is 114 Å². The van der Waals surface area contributed by atoms with E-state index in [2.05, 4.69) is 12.0 Å². The largest absolute Gasteiger partial charge is 0.461 e. The molecule has 5 nitrogen and oxygen atoms in total. The van der Waals surface area contributed by atoms with Crippen molar-refractivity contribution < 1.29 is 9.53 Å². The van der Waals surface area contributed by atoms with E-state index in [0.29, 0.717) is 11.5 Å². The van der Waals surface area contributed by atoms with Crippen LogP contribution in [0.4, 0.5) is 0 Å². The first-order chi connectivity index (χ1) is 9.10. The zero-order valence-electron chi connectivity index (χ0n) is 11.7. The summed E-state index contributed by atoms with van der Waals surface area (Å²) in [6.07, 6.45) is 8.88. The Morgan fingerprint density at radius 2 is 2.42 bits per heavy atom. The Morgan fingerprint density at radius 3 is 3.05 bits per heavy atom. The maximum Gasteiger partial charge on any atom is 0.327 e. The van der Waals surface area contributed by atoms with Crippen LogP contribution >= 0.6 is 0 Å². The molecular formula is C14H23N3O2. The van der Waals surface area contributed by atoms with Crippen LogP contribution in [0.5, 0.6) is 0 Å². The third-order valence-corrected chi connectivity index (χ3v) is 3.93. The van der Waals surface area contributed by atoms with Crippen LogP contribution in [0, 0.1) is 5.92 Å². The summed E-state index contributed by atoms with van der Waals surface area (Å²) in [6, 6.07) is -0.726. The highest BCUT2D eigenvalue weighted by atomic mass is 16.5. The summed E-state index contributed by atoms with van der Waals surface area (Å²) < 4.78 is 7.18. The monoisotopic (exact) mass is 265 g/mol. The van der Waals surface area contributed by atoms with Gasteiger partial charge in [-0.05, 0) is 25.2 Å². The van der Waals surface area contributed by atoms with Crippen molar-refractivity contribution in [3.63, 3.8) is 0 Å². The van der Waals surface area contributed by atoms with Crippen molar-refractivity contribution in [2.24, 2.45) is 18.7 Å². The average molecular weight is 265 g/mol. The standard InChI is InChI=1S/C14H23N3O2/c1-3-10-5-4-6-12(7-10)19-14(18)13(15)11-8-16-17(2)9-11/h8-10,12-13H,3-7,15H2,1-2H3. The second-order valence-electron chi connectivity index (χ2n) is 5.42. The maximum absolute atomic E-state index is 12.0. The second kappa shape index (κ2) is 6.19. The minimum atomic E-state index is -0.726. The third-order valence-electron chi connectivity index (χ3n) is 3.93. The highest BCUT2D eigenvalue weighted by Crippen LogP contribution is 2.29. The lowest BCUT2D eigenvalue weighted by molar-refractivity contribution is -0.153. The van der Waals surface area contributed by atoms with Gasteiger partial charge in [-0.3, -0.25) is 4.68 Å². The number of aryl methyl sites for hydroxylation is 1. The van der Waals surface area contributed by atoms with Gasteiger partial charge in [0.2, 0.25) is 0 Å². The van der Waals surface area contributed by atoms with Crippen molar-refractivity contribution in [1.82, 2.24) is 9.78 Å². The SMILES string of the molecule is CCC1CCCC(OC(=O)C(N)c2cnn(C)c2)C1. The molecule has 19 heavy (non-hydrogen) atoms. The summed E-state index contributed by atoms with van der Waals surface area (Å²) in [5, 5.41) is 4.02. The summed E-state index contributed by atoms with van der Waals surface area (Å²) in [5.74, 6) is 0.343. The van der Waals surface area contributed by atoms with Crippen LogP contribution in [-0.2, 0) is 16.6 Å². The van der Waals surface area contributed by atoms with Gasteiger partial charge < -0.3 is 10.5 Å². The first-order valence-corrected chi connectivity index (χ1v) is 7.04. The number of esters is 1. The van der Waals surface area contributed by atoms with Crippen LogP contribution in [-0.4, -0.2) is 21.9 Å². The fourth-order valence-electron chi connectivity index (χ4n) is 2.69. The van der Waals surface area contributed by atoms with Crippen molar-refractivity contribution in [2.75, 3.05) is 0 Å². The predicted molar refractivity (Wildman–Crippen MR) is 72.3 cm³/mol. The number of nitrogens with two attached hydrogens (primary N) is 1. The highest BCUT2D eigenvalue weighted by molar-refractivity contribution is 5.77. The van der Waals surface area contributed by atoms with Crippen LogP contribution in [0.15, 0.2) is 12.4 Å². The molecule has 0 bridgehead atoms. The first-order valence-electron chi connectivity index (χ1n) is 7.04. The molecule has 0 aliphatic heterocycles. The molecule has 1 aliphatic carbocycles. The van der Waals surface area contributed by atoms with Gasteiger partial charge in [0.25, 0.3) is 0 Å². The number of hydrogen-bond acceptors (Lipinski definition) is 4. The van der Waals surface area contributed by atoms with E-state index < -0.39 is 6.04 Å². The molecular weight excluding hydrogens is 242 g/mol. The fourth-order valence-corrected chi connectivity index (χ4v) is 2.69. The second-order valence-corrected chi connectivity index (χ2v) is 5.42. The molecule has 1 heterocycles. The Morgan fingerprint density at radius 1 is 1.63 bits per heavy atom. The lowest BCUT2D eigenvalue weighted by Crippen LogP contribution is -2.31. The van der Waals surface area contributed by atoms with Crippen molar-refractivity contribution in [3.8, 4) is 0 Å². The summed E-state index contributed by atoms with van der Waals surface area (Å²) in [6.45, 7) is 2.19. The van der Waals surface area contributed by atoms with E-state index in [1.807, 2.05) is 0 Å². The van der Waals surface area contributed by atoms with Crippen LogP contribution in [0.2, 0.25) is 0 Å². The van der Waals surface area contributed by atoms with E-state index >= 15 is 0 Å². The van der Waals surface area contributed by atoms with Gasteiger partial charge in [0.15, 0.2) is 0 Å². The van der Waals surface area contributed by atoms with E-state index in [9.17, 15) is 4.79 Å². The Balaban J connectivity index is 1.89. The molecule has 5 heteroatoms. The van der Waals surface area contributed by atoms with Gasteiger partial charge in [-0.2, -0.15) is 5.10 Å². The first kappa shape index (κ1) is 14.1. The maximum atomic E-state index is 12.0. The normalized spacial score (nSPS) is 25.0. The van der Waals surface area contributed by atoms with Gasteiger partial charge >= 0.3 is 5.97 Å². The molecule has 0 saturated heterocycles. The van der Waals surface area contributed by atoms with E-state index in [0.717, 1.165) is 25.7 Å². The molecule has 0 amide bonds. The van der Waals surface area contributed by atoms with Crippen LogP contribution in [0.3, 0.4) is 0 Å².